The zero-order valence-corrected chi connectivity index (χ0v) is 17.6. The lowest BCUT2D eigenvalue weighted by Crippen LogP contribution is -2.37. The molecule has 0 amide bonds. The average Bonchev–Trinajstić information content (AvgIpc) is 3.28. The Kier molecular flexibility index (Phi) is 5.48. The molecular formula is C23H35N5O. The molecule has 158 valence electrons. The van der Waals surface area contributed by atoms with E-state index in [1.54, 1.807) is 0 Å². The molecule has 2 aromatic rings. The summed E-state index contributed by atoms with van der Waals surface area (Å²) >= 11 is 0. The van der Waals surface area contributed by atoms with Gasteiger partial charge in [0.1, 0.15) is 5.65 Å². The van der Waals surface area contributed by atoms with Crippen LogP contribution in [0.25, 0.3) is 11.0 Å². The zero-order chi connectivity index (χ0) is 19.8. The summed E-state index contributed by atoms with van der Waals surface area (Å²) in [5, 5.41) is 18.4. The van der Waals surface area contributed by atoms with Crippen molar-refractivity contribution >= 4 is 17.0 Å². The summed E-state index contributed by atoms with van der Waals surface area (Å²) in [4.78, 5) is 9.64. The highest BCUT2D eigenvalue weighted by Gasteiger charge is 2.36. The number of unbranched alkanes of at least 4 members (excludes halogenated alkanes) is 1. The molecule has 3 fully saturated rings. The van der Waals surface area contributed by atoms with Gasteiger partial charge in [-0.15, -0.1) is 0 Å². The van der Waals surface area contributed by atoms with Crippen LogP contribution in [0.1, 0.15) is 88.7 Å². The summed E-state index contributed by atoms with van der Waals surface area (Å²) in [5.74, 6) is 1.35. The van der Waals surface area contributed by atoms with Gasteiger partial charge in [0.2, 0.25) is 5.95 Å². The van der Waals surface area contributed by atoms with E-state index in [1.807, 2.05) is 0 Å². The molecule has 6 heteroatoms. The van der Waals surface area contributed by atoms with Crippen LogP contribution in [-0.4, -0.2) is 44.4 Å². The Hall–Kier alpha value is -1.66. The Morgan fingerprint density at radius 2 is 1.90 bits per heavy atom. The van der Waals surface area contributed by atoms with Crippen molar-refractivity contribution in [3.63, 3.8) is 0 Å². The lowest BCUT2D eigenvalue weighted by molar-refractivity contribution is 0.111. The van der Waals surface area contributed by atoms with E-state index in [0.717, 1.165) is 56.7 Å². The van der Waals surface area contributed by atoms with Gasteiger partial charge in [0, 0.05) is 42.5 Å². The Morgan fingerprint density at radius 3 is 2.62 bits per heavy atom. The second-order valence-electron chi connectivity index (χ2n) is 9.47. The molecule has 5 rings (SSSR count). The average molecular weight is 398 g/mol. The lowest BCUT2D eigenvalue weighted by atomic mass is 9.86. The molecule has 0 radical (unpaired) electrons. The van der Waals surface area contributed by atoms with Gasteiger partial charge in [0.15, 0.2) is 0 Å². The van der Waals surface area contributed by atoms with Crippen molar-refractivity contribution in [2.45, 2.75) is 101 Å². The number of hydrogen-bond donors (Lipinski definition) is 3. The van der Waals surface area contributed by atoms with Crippen molar-refractivity contribution in [1.29, 1.82) is 0 Å². The fourth-order valence-corrected chi connectivity index (χ4v) is 5.77. The molecule has 2 aromatic heterocycles. The van der Waals surface area contributed by atoms with Gasteiger partial charge >= 0.3 is 0 Å². The van der Waals surface area contributed by atoms with Gasteiger partial charge in [0.05, 0.1) is 6.10 Å². The first-order valence-corrected chi connectivity index (χ1v) is 11.8. The summed E-state index contributed by atoms with van der Waals surface area (Å²) in [6.45, 7) is 3.12. The second kappa shape index (κ2) is 8.23. The van der Waals surface area contributed by atoms with E-state index >= 15 is 0 Å². The lowest BCUT2D eigenvalue weighted by Gasteiger charge is -2.29. The number of anilines is 1. The van der Waals surface area contributed by atoms with Crippen LogP contribution in [0.2, 0.25) is 0 Å². The number of rotatable bonds is 6. The van der Waals surface area contributed by atoms with Crippen LogP contribution >= 0.6 is 0 Å². The number of nitrogens with one attached hydrogen (secondary N) is 2. The standard InChI is InChI=1S/C23H35N5O/c1-2-3-10-24-23-25-13-20-21(15-11-16-4-5-17(12-15)26-16)14-28(22(20)27-23)18-6-8-19(29)9-7-18/h13-19,26,29H,2-12H2,1H3,(H,24,25,27)/t15?,16?,17?,18-,19-. The van der Waals surface area contributed by atoms with Crippen LogP contribution in [-0.2, 0) is 0 Å². The minimum Gasteiger partial charge on any atom is -0.393 e. The molecule has 3 N–H and O–H groups in total. The third kappa shape index (κ3) is 3.89. The number of aliphatic hydroxyl groups is 1. The molecular weight excluding hydrogens is 362 g/mol. The maximum atomic E-state index is 9.97. The maximum Gasteiger partial charge on any atom is 0.224 e. The molecule has 4 heterocycles. The van der Waals surface area contributed by atoms with E-state index < -0.39 is 0 Å². The summed E-state index contributed by atoms with van der Waals surface area (Å²) in [6.07, 6.45) is 15.6. The minimum absolute atomic E-state index is 0.131. The van der Waals surface area contributed by atoms with Gasteiger partial charge in [-0.25, -0.2) is 4.98 Å². The van der Waals surface area contributed by atoms with Gasteiger partial charge < -0.3 is 20.3 Å². The van der Waals surface area contributed by atoms with Crippen LogP contribution in [0.15, 0.2) is 12.4 Å². The van der Waals surface area contributed by atoms with Crippen LogP contribution in [0.4, 0.5) is 5.95 Å². The SMILES string of the molecule is CCCCNc1ncc2c(C3CC4CCC(C3)N4)cn([C@H]3CC[C@H](O)CC3)c2n1. The van der Waals surface area contributed by atoms with Gasteiger partial charge in [0.25, 0.3) is 0 Å². The van der Waals surface area contributed by atoms with Crippen LogP contribution in [0, 0.1) is 0 Å². The Labute approximate surface area is 173 Å². The first kappa shape index (κ1) is 19.3. The second-order valence-corrected chi connectivity index (χ2v) is 9.47. The molecule has 3 aliphatic rings. The van der Waals surface area contributed by atoms with Crippen molar-refractivity contribution in [3.05, 3.63) is 18.0 Å². The minimum atomic E-state index is -0.131. The predicted octanol–water partition coefficient (Wildman–Crippen LogP) is 4.12. The van der Waals surface area contributed by atoms with Gasteiger partial charge in [-0.05, 0) is 69.3 Å². The first-order chi connectivity index (χ1) is 14.2. The third-order valence-electron chi connectivity index (χ3n) is 7.39. The van der Waals surface area contributed by atoms with Crippen molar-refractivity contribution < 1.29 is 5.11 Å². The first-order valence-electron chi connectivity index (χ1n) is 11.8. The van der Waals surface area contributed by atoms with Crippen LogP contribution in [0.5, 0.6) is 0 Å². The van der Waals surface area contributed by atoms with Crippen molar-refractivity contribution in [2.75, 3.05) is 11.9 Å². The molecule has 2 unspecified atom stereocenters. The summed E-state index contributed by atoms with van der Waals surface area (Å²) in [7, 11) is 0. The summed E-state index contributed by atoms with van der Waals surface area (Å²) in [5.41, 5.74) is 2.53. The van der Waals surface area contributed by atoms with E-state index in [2.05, 4.69) is 39.5 Å². The molecule has 2 saturated heterocycles. The smallest absolute Gasteiger partial charge is 0.224 e. The third-order valence-corrected chi connectivity index (χ3v) is 7.39. The maximum absolute atomic E-state index is 9.97. The fourth-order valence-electron chi connectivity index (χ4n) is 5.77. The van der Waals surface area contributed by atoms with Gasteiger partial charge in [-0.1, -0.05) is 13.3 Å². The van der Waals surface area contributed by atoms with E-state index in [-0.39, 0.29) is 6.10 Å². The molecule has 2 atom stereocenters. The highest BCUT2D eigenvalue weighted by molar-refractivity contribution is 5.81. The van der Waals surface area contributed by atoms with Gasteiger partial charge in [-0.2, -0.15) is 4.98 Å². The van der Waals surface area contributed by atoms with Crippen molar-refractivity contribution in [1.82, 2.24) is 19.9 Å². The van der Waals surface area contributed by atoms with Crippen molar-refractivity contribution in [3.8, 4) is 0 Å². The van der Waals surface area contributed by atoms with E-state index in [9.17, 15) is 5.11 Å². The largest absolute Gasteiger partial charge is 0.393 e. The predicted molar refractivity (Wildman–Crippen MR) is 116 cm³/mol. The van der Waals surface area contributed by atoms with E-state index in [4.69, 9.17) is 4.98 Å². The topological polar surface area (TPSA) is 75.0 Å². The van der Waals surface area contributed by atoms with Crippen LogP contribution < -0.4 is 10.6 Å². The van der Waals surface area contributed by atoms with Crippen molar-refractivity contribution in [2.24, 2.45) is 0 Å². The summed E-state index contributed by atoms with van der Waals surface area (Å²) < 4.78 is 2.42. The Morgan fingerprint density at radius 1 is 1.14 bits per heavy atom. The molecule has 2 aliphatic heterocycles. The number of nitrogens with zero attached hydrogens (tertiary/aromatic N) is 3. The zero-order valence-electron chi connectivity index (χ0n) is 17.6. The quantitative estimate of drug-likeness (QED) is 0.640. The molecule has 0 spiro atoms. The van der Waals surface area contributed by atoms with Gasteiger partial charge in [-0.3, -0.25) is 0 Å². The number of hydrogen-bond acceptors (Lipinski definition) is 5. The molecule has 1 saturated carbocycles. The molecule has 0 aromatic carbocycles. The fraction of sp³-hybridized carbons (Fsp3) is 0.739. The monoisotopic (exact) mass is 397 g/mol. The highest BCUT2D eigenvalue weighted by atomic mass is 16.3. The molecule has 2 bridgehead atoms. The van der Waals surface area contributed by atoms with E-state index in [1.165, 1.54) is 36.6 Å². The molecule has 29 heavy (non-hydrogen) atoms. The number of piperidine rings is 1. The summed E-state index contributed by atoms with van der Waals surface area (Å²) in [6, 6.07) is 1.79. The molecule has 6 nitrogen and oxygen atoms in total. The van der Waals surface area contributed by atoms with E-state index in [0.29, 0.717) is 24.0 Å². The highest BCUT2D eigenvalue weighted by Crippen LogP contribution is 2.42. The number of aliphatic hydroxyl groups excluding tert-OH is 1. The normalized spacial score (nSPS) is 32.0. The molecule has 1 aliphatic carbocycles. The number of aromatic nitrogens is 3. The Balaban J connectivity index is 1.49. The Bertz CT molecular complexity index is 829. The van der Waals surface area contributed by atoms with Crippen LogP contribution in [0.3, 0.4) is 0 Å². The number of fused-ring (bicyclic) bond motifs is 3.